The fraction of sp³-hybridized carbons (Fsp3) is 0.250. The Balaban J connectivity index is 1.53. The molecule has 0 saturated heterocycles. The summed E-state index contributed by atoms with van der Waals surface area (Å²) in [5.41, 5.74) is 4.55. The van der Waals surface area contributed by atoms with Crippen molar-refractivity contribution in [3.05, 3.63) is 87.8 Å². The average molecular weight is 548 g/mol. The summed E-state index contributed by atoms with van der Waals surface area (Å²) < 4.78 is 0. The van der Waals surface area contributed by atoms with Gasteiger partial charge in [0.1, 0.15) is 6.04 Å². The first-order valence-electron chi connectivity index (χ1n) is 12.3. The molecule has 2 heterocycles. The number of rotatable bonds is 10. The summed E-state index contributed by atoms with van der Waals surface area (Å²) in [4.78, 5) is 36.6. The number of aliphatic hydroxyl groups excluding tert-OH is 1. The lowest BCUT2D eigenvalue weighted by Crippen LogP contribution is -2.46. The number of hydrogen-bond donors (Lipinski definition) is 5. The third-order valence-corrected chi connectivity index (χ3v) is 6.74. The van der Waals surface area contributed by atoms with Crippen molar-refractivity contribution in [3.8, 4) is 11.3 Å². The highest BCUT2D eigenvalue weighted by atomic mass is 35.5. The molecule has 4 rings (SSSR count). The molecule has 0 fully saturated rings. The Hall–Kier alpha value is -4.28. The summed E-state index contributed by atoms with van der Waals surface area (Å²) in [5, 5.41) is 26.3. The van der Waals surface area contributed by atoms with E-state index in [2.05, 4.69) is 25.9 Å². The molecule has 2 atom stereocenters. The number of aryl methyl sites for hydroxylation is 1. The predicted molar refractivity (Wildman–Crippen MR) is 151 cm³/mol. The van der Waals surface area contributed by atoms with Gasteiger partial charge in [-0.15, -0.1) is 0 Å². The van der Waals surface area contributed by atoms with Crippen molar-refractivity contribution in [2.45, 2.75) is 32.5 Å². The van der Waals surface area contributed by atoms with Crippen LogP contribution in [-0.4, -0.2) is 57.7 Å². The standard InChI is InChI=1S/C28H30ClN7O3/c1-16-5-4-6-18(9-16)24(15-37)34-26(38)17(2)36-14-20-8-7-19(10-22(20)27(36)39)25-23(29)13-32-28(35-25)33-21(11-30)12-31-3/h4-13,17,24,30-31,37H,14-15H2,1-3H3,(H,34,38)(H,32,33,35)/b21-12+,30-11?/t17-,24-/m1/s1. The van der Waals surface area contributed by atoms with E-state index in [-0.39, 0.29) is 30.9 Å². The maximum atomic E-state index is 13.4. The van der Waals surface area contributed by atoms with Gasteiger partial charge in [0.15, 0.2) is 0 Å². The molecule has 202 valence electrons. The van der Waals surface area contributed by atoms with Gasteiger partial charge in [0.2, 0.25) is 11.9 Å². The van der Waals surface area contributed by atoms with Gasteiger partial charge in [-0.05, 0) is 31.0 Å². The molecule has 5 N–H and O–H groups in total. The van der Waals surface area contributed by atoms with Gasteiger partial charge in [0.25, 0.3) is 5.91 Å². The minimum Gasteiger partial charge on any atom is -0.394 e. The van der Waals surface area contributed by atoms with E-state index in [1.54, 1.807) is 26.2 Å². The second-order valence-corrected chi connectivity index (χ2v) is 9.59. The lowest BCUT2D eigenvalue weighted by atomic mass is 10.0. The zero-order valence-electron chi connectivity index (χ0n) is 21.8. The third kappa shape index (κ3) is 6.08. The number of aliphatic hydroxyl groups is 1. The average Bonchev–Trinajstić information content (AvgIpc) is 3.27. The molecular weight excluding hydrogens is 518 g/mol. The molecule has 0 bridgehead atoms. The van der Waals surface area contributed by atoms with Crippen molar-refractivity contribution in [1.82, 2.24) is 25.5 Å². The Morgan fingerprint density at radius 2 is 2.08 bits per heavy atom. The molecule has 10 nitrogen and oxygen atoms in total. The molecule has 0 spiro atoms. The van der Waals surface area contributed by atoms with Gasteiger partial charge in [0.05, 0.1) is 35.3 Å². The molecule has 1 aliphatic heterocycles. The lowest BCUT2D eigenvalue weighted by molar-refractivity contribution is -0.126. The van der Waals surface area contributed by atoms with Crippen LogP contribution in [0.3, 0.4) is 0 Å². The zero-order valence-corrected chi connectivity index (χ0v) is 22.6. The van der Waals surface area contributed by atoms with Gasteiger partial charge in [-0.2, -0.15) is 0 Å². The lowest BCUT2D eigenvalue weighted by Gasteiger charge is -2.26. The van der Waals surface area contributed by atoms with Crippen LogP contribution < -0.4 is 16.0 Å². The normalized spacial score (nSPS) is 14.4. The monoisotopic (exact) mass is 547 g/mol. The van der Waals surface area contributed by atoms with Gasteiger partial charge in [-0.25, -0.2) is 9.97 Å². The summed E-state index contributed by atoms with van der Waals surface area (Å²) in [6.45, 7) is 3.63. The molecule has 3 aromatic rings. The molecule has 11 heteroatoms. The number of fused-ring (bicyclic) bond motifs is 1. The Kier molecular flexibility index (Phi) is 8.58. The fourth-order valence-electron chi connectivity index (χ4n) is 4.37. The van der Waals surface area contributed by atoms with Crippen LogP contribution in [0.2, 0.25) is 5.02 Å². The molecule has 0 aliphatic carbocycles. The molecular formula is C28H30ClN7O3. The maximum absolute atomic E-state index is 13.4. The van der Waals surface area contributed by atoms with E-state index in [1.165, 1.54) is 11.1 Å². The number of hydrogen-bond acceptors (Lipinski definition) is 8. The van der Waals surface area contributed by atoms with E-state index >= 15 is 0 Å². The number of allylic oxidation sites excluding steroid dienone is 1. The van der Waals surface area contributed by atoms with Crippen molar-refractivity contribution in [2.24, 2.45) is 0 Å². The highest BCUT2D eigenvalue weighted by Crippen LogP contribution is 2.32. The number of carbonyl (C=O) groups excluding carboxylic acids is 2. The topological polar surface area (TPSA) is 143 Å². The molecule has 0 unspecified atom stereocenters. The number of benzene rings is 2. The van der Waals surface area contributed by atoms with Gasteiger partial charge < -0.3 is 31.4 Å². The Morgan fingerprint density at radius 1 is 1.28 bits per heavy atom. The van der Waals surface area contributed by atoms with Crippen molar-refractivity contribution in [2.75, 3.05) is 19.0 Å². The first kappa shape index (κ1) is 27.7. The number of amides is 2. The summed E-state index contributed by atoms with van der Waals surface area (Å²) in [6, 6.07) is 11.6. The third-order valence-electron chi connectivity index (χ3n) is 6.46. The molecule has 1 aliphatic rings. The minimum atomic E-state index is -0.760. The molecule has 39 heavy (non-hydrogen) atoms. The van der Waals surface area contributed by atoms with Crippen molar-refractivity contribution in [1.29, 1.82) is 5.41 Å². The molecule has 0 saturated carbocycles. The van der Waals surface area contributed by atoms with Crippen LogP contribution in [0.4, 0.5) is 5.95 Å². The highest BCUT2D eigenvalue weighted by Gasteiger charge is 2.35. The van der Waals surface area contributed by atoms with Crippen molar-refractivity contribution >= 4 is 35.6 Å². The first-order chi connectivity index (χ1) is 18.7. The SMILES string of the molecule is CN/C=C(\C=N)Nc1ncc(Cl)c(-c2ccc3c(c2)C(=O)N([C@H](C)C(=O)N[C@H](CO)c2cccc(C)c2)C3)n1. The quantitative estimate of drug-likeness (QED) is 0.245. The van der Waals surface area contributed by atoms with Crippen LogP contribution in [0.25, 0.3) is 11.3 Å². The van der Waals surface area contributed by atoms with E-state index in [0.29, 0.717) is 27.5 Å². The van der Waals surface area contributed by atoms with Crippen LogP contribution in [0.1, 0.15) is 40.0 Å². The smallest absolute Gasteiger partial charge is 0.255 e. The second kappa shape index (κ2) is 12.1. The Bertz CT molecular complexity index is 1440. The minimum absolute atomic E-state index is 0.241. The molecule has 0 radical (unpaired) electrons. The zero-order chi connectivity index (χ0) is 28.1. The predicted octanol–water partition coefficient (Wildman–Crippen LogP) is 3.42. The number of halogens is 1. The van der Waals surface area contributed by atoms with Crippen LogP contribution in [-0.2, 0) is 11.3 Å². The van der Waals surface area contributed by atoms with Crippen molar-refractivity contribution < 1.29 is 14.7 Å². The van der Waals surface area contributed by atoms with Gasteiger partial charge in [-0.1, -0.05) is 53.6 Å². The van der Waals surface area contributed by atoms with E-state index in [1.807, 2.05) is 43.3 Å². The van der Waals surface area contributed by atoms with Crippen LogP contribution in [0.5, 0.6) is 0 Å². The molecule has 2 amide bonds. The van der Waals surface area contributed by atoms with Crippen LogP contribution in [0, 0.1) is 12.3 Å². The van der Waals surface area contributed by atoms with Crippen molar-refractivity contribution in [3.63, 3.8) is 0 Å². The Labute approximate surface area is 231 Å². The number of anilines is 1. The summed E-state index contributed by atoms with van der Waals surface area (Å²) >= 11 is 6.40. The summed E-state index contributed by atoms with van der Waals surface area (Å²) in [6.07, 6.45) is 4.17. The Morgan fingerprint density at radius 3 is 2.77 bits per heavy atom. The fourth-order valence-corrected chi connectivity index (χ4v) is 4.57. The maximum Gasteiger partial charge on any atom is 0.255 e. The summed E-state index contributed by atoms with van der Waals surface area (Å²) in [5.74, 6) is -0.398. The number of aromatic nitrogens is 2. The second-order valence-electron chi connectivity index (χ2n) is 9.19. The largest absolute Gasteiger partial charge is 0.394 e. The van der Waals surface area contributed by atoms with Gasteiger partial charge in [0, 0.05) is 37.1 Å². The van der Waals surface area contributed by atoms with Crippen LogP contribution in [0.15, 0.2) is 60.6 Å². The van der Waals surface area contributed by atoms with E-state index < -0.39 is 12.1 Å². The first-order valence-corrected chi connectivity index (χ1v) is 12.7. The van der Waals surface area contributed by atoms with Gasteiger partial charge in [-0.3, -0.25) is 9.59 Å². The molecule has 2 aromatic carbocycles. The van der Waals surface area contributed by atoms with E-state index in [4.69, 9.17) is 17.0 Å². The highest BCUT2D eigenvalue weighted by molar-refractivity contribution is 6.33. The number of nitrogens with zero attached hydrogens (tertiary/aromatic N) is 3. The summed E-state index contributed by atoms with van der Waals surface area (Å²) in [7, 11) is 1.71. The molecule has 1 aromatic heterocycles. The van der Waals surface area contributed by atoms with E-state index in [0.717, 1.165) is 22.9 Å². The number of nitrogens with one attached hydrogen (secondary N) is 4. The van der Waals surface area contributed by atoms with E-state index in [9.17, 15) is 14.7 Å². The van der Waals surface area contributed by atoms with Crippen LogP contribution >= 0.6 is 11.6 Å². The number of carbonyl (C=O) groups is 2. The van der Waals surface area contributed by atoms with Gasteiger partial charge >= 0.3 is 0 Å².